The van der Waals surface area contributed by atoms with Gasteiger partial charge in [-0.15, -0.1) is 11.3 Å². The van der Waals surface area contributed by atoms with Crippen LogP contribution in [0, 0.1) is 0 Å². The maximum absolute atomic E-state index is 13.2. The standard InChI is InChI=1S/C26H25NO3S/c1-3-16-30-22-11-9-19(18-23(22)29-2)10-12-25(28)27-15-13-24-21(14-17-31-24)26(27)20-7-5-4-6-8-20/h3-12,14,17-18,26H,1,13,15-16H2,2H3/b12-10+. The number of fused-ring (bicyclic) bond motifs is 1. The Kier molecular flexibility index (Phi) is 6.53. The summed E-state index contributed by atoms with van der Waals surface area (Å²) >= 11 is 1.77. The minimum atomic E-state index is -0.0578. The number of nitrogens with zero attached hydrogens (tertiary/aromatic N) is 1. The van der Waals surface area contributed by atoms with E-state index in [9.17, 15) is 4.79 Å². The number of methoxy groups -OCH3 is 1. The van der Waals surface area contributed by atoms with Gasteiger partial charge in [0.05, 0.1) is 13.2 Å². The van der Waals surface area contributed by atoms with E-state index in [1.165, 1.54) is 10.4 Å². The first-order valence-electron chi connectivity index (χ1n) is 10.2. The van der Waals surface area contributed by atoms with Gasteiger partial charge in [0.15, 0.2) is 11.5 Å². The lowest BCUT2D eigenvalue weighted by Crippen LogP contribution is -2.39. The summed E-state index contributed by atoms with van der Waals surface area (Å²) in [4.78, 5) is 16.5. The van der Waals surface area contributed by atoms with Crippen LogP contribution in [0.3, 0.4) is 0 Å². The molecule has 4 rings (SSSR count). The van der Waals surface area contributed by atoms with Crippen molar-refractivity contribution in [1.29, 1.82) is 0 Å². The third kappa shape index (κ3) is 4.57. The quantitative estimate of drug-likeness (QED) is 0.366. The van der Waals surface area contributed by atoms with E-state index in [4.69, 9.17) is 9.47 Å². The first-order valence-corrected chi connectivity index (χ1v) is 11.1. The van der Waals surface area contributed by atoms with Crippen LogP contribution in [-0.2, 0) is 11.2 Å². The summed E-state index contributed by atoms with van der Waals surface area (Å²) in [5.74, 6) is 1.27. The molecular weight excluding hydrogens is 406 g/mol. The number of hydrogen-bond donors (Lipinski definition) is 0. The van der Waals surface area contributed by atoms with E-state index < -0.39 is 0 Å². The van der Waals surface area contributed by atoms with Crippen molar-refractivity contribution in [2.24, 2.45) is 0 Å². The van der Waals surface area contributed by atoms with Crippen LogP contribution in [0.15, 0.2) is 78.7 Å². The summed E-state index contributed by atoms with van der Waals surface area (Å²) in [5.41, 5.74) is 3.24. The van der Waals surface area contributed by atoms with E-state index >= 15 is 0 Å². The SMILES string of the molecule is C=CCOc1ccc(/C=C/C(=O)N2CCc3sccc3C2c2ccccc2)cc1OC. The minimum absolute atomic E-state index is 0.00310. The lowest BCUT2D eigenvalue weighted by molar-refractivity contribution is -0.127. The number of carbonyl (C=O) groups excluding carboxylic acids is 1. The van der Waals surface area contributed by atoms with Gasteiger partial charge in [-0.2, -0.15) is 0 Å². The average Bonchev–Trinajstić information content (AvgIpc) is 3.30. The molecule has 0 N–H and O–H groups in total. The highest BCUT2D eigenvalue weighted by molar-refractivity contribution is 7.10. The van der Waals surface area contributed by atoms with Gasteiger partial charge in [-0.1, -0.05) is 49.1 Å². The van der Waals surface area contributed by atoms with Crippen LogP contribution >= 0.6 is 11.3 Å². The zero-order chi connectivity index (χ0) is 21.6. The van der Waals surface area contributed by atoms with E-state index in [2.05, 4.69) is 30.2 Å². The highest BCUT2D eigenvalue weighted by Crippen LogP contribution is 2.38. The van der Waals surface area contributed by atoms with Crippen LogP contribution in [0.1, 0.15) is 27.6 Å². The van der Waals surface area contributed by atoms with Crippen molar-refractivity contribution in [1.82, 2.24) is 4.90 Å². The normalized spacial score (nSPS) is 15.5. The molecule has 2 heterocycles. The first kappa shape index (κ1) is 20.9. The van der Waals surface area contributed by atoms with Crippen molar-refractivity contribution in [3.63, 3.8) is 0 Å². The topological polar surface area (TPSA) is 38.8 Å². The molecule has 0 bridgehead atoms. The van der Waals surface area contributed by atoms with Crippen LogP contribution in [0.5, 0.6) is 11.5 Å². The molecule has 5 heteroatoms. The summed E-state index contributed by atoms with van der Waals surface area (Å²) in [6, 6.07) is 17.9. The van der Waals surface area contributed by atoms with E-state index in [1.54, 1.807) is 30.6 Å². The second-order valence-corrected chi connectivity index (χ2v) is 8.24. The predicted molar refractivity (Wildman–Crippen MR) is 126 cm³/mol. The third-order valence-electron chi connectivity index (χ3n) is 5.33. The molecule has 0 fully saturated rings. The van der Waals surface area contributed by atoms with E-state index in [1.807, 2.05) is 47.4 Å². The Morgan fingerprint density at radius 1 is 1.19 bits per heavy atom. The van der Waals surface area contributed by atoms with Gasteiger partial charge in [-0.05, 0) is 52.8 Å². The lowest BCUT2D eigenvalue weighted by Gasteiger charge is -2.35. The number of thiophene rings is 1. The van der Waals surface area contributed by atoms with E-state index in [0.717, 1.165) is 17.5 Å². The van der Waals surface area contributed by atoms with Crippen molar-refractivity contribution in [2.75, 3.05) is 20.3 Å². The second kappa shape index (κ2) is 9.67. The molecule has 1 amide bonds. The molecule has 0 saturated heterocycles. The van der Waals surface area contributed by atoms with Crippen molar-refractivity contribution in [2.45, 2.75) is 12.5 Å². The molecular formula is C26H25NO3S. The molecule has 1 unspecified atom stereocenters. The average molecular weight is 432 g/mol. The van der Waals surface area contributed by atoms with E-state index in [-0.39, 0.29) is 11.9 Å². The molecule has 3 aromatic rings. The molecule has 0 radical (unpaired) electrons. The number of hydrogen-bond acceptors (Lipinski definition) is 4. The Labute approximate surface area is 187 Å². The van der Waals surface area contributed by atoms with Crippen molar-refractivity contribution in [3.05, 3.63) is 100 Å². The lowest BCUT2D eigenvalue weighted by atomic mass is 9.93. The summed E-state index contributed by atoms with van der Waals surface area (Å²) < 4.78 is 11.0. The van der Waals surface area contributed by atoms with Gasteiger partial charge >= 0.3 is 0 Å². The number of benzene rings is 2. The van der Waals surface area contributed by atoms with Gasteiger partial charge < -0.3 is 14.4 Å². The van der Waals surface area contributed by atoms with Gasteiger partial charge in [0.25, 0.3) is 0 Å². The molecule has 1 aromatic heterocycles. The smallest absolute Gasteiger partial charge is 0.247 e. The van der Waals surface area contributed by atoms with Crippen molar-refractivity contribution < 1.29 is 14.3 Å². The highest BCUT2D eigenvalue weighted by atomic mass is 32.1. The molecule has 1 aliphatic heterocycles. The third-order valence-corrected chi connectivity index (χ3v) is 6.32. The number of ether oxygens (including phenoxy) is 2. The predicted octanol–water partition coefficient (Wildman–Crippen LogP) is 5.51. The van der Waals surface area contributed by atoms with Crippen LogP contribution in [-0.4, -0.2) is 31.1 Å². The molecule has 0 spiro atoms. The van der Waals surface area contributed by atoms with Crippen LogP contribution < -0.4 is 9.47 Å². The van der Waals surface area contributed by atoms with Crippen LogP contribution in [0.25, 0.3) is 6.08 Å². The maximum atomic E-state index is 13.2. The summed E-state index contributed by atoms with van der Waals surface area (Å²) in [5, 5.41) is 2.12. The monoisotopic (exact) mass is 431 g/mol. The molecule has 158 valence electrons. The summed E-state index contributed by atoms with van der Waals surface area (Å²) in [6.07, 6.45) is 6.05. The van der Waals surface area contributed by atoms with Gasteiger partial charge in [0, 0.05) is 17.5 Å². The Morgan fingerprint density at radius 2 is 2.03 bits per heavy atom. The minimum Gasteiger partial charge on any atom is -0.493 e. The number of amides is 1. The Balaban J connectivity index is 1.57. The fourth-order valence-electron chi connectivity index (χ4n) is 3.87. The fourth-order valence-corrected chi connectivity index (χ4v) is 4.77. The van der Waals surface area contributed by atoms with Gasteiger partial charge in [-0.3, -0.25) is 4.79 Å². The van der Waals surface area contributed by atoms with Crippen molar-refractivity contribution >= 4 is 23.3 Å². The maximum Gasteiger partial charge on any atom is 0.247 e. The largest absolute Gasteiger partial charge is 0.493 e. The molecule has 1 atom stereocenters. The zero-order valence-corrected chi connectivity index (χ0v) is 18.3. The molecule has 0 saturated carbocycles. The second-order valence-electron chi connectivity index (χ2n) is 7.24. The number of carbonyl (C=O) groups is 1. The Morgan fingerprint density at radius 3 is 2.81 bits per heavy atom. The van der Waals surface area contributed by atoms with Crippen molar-refractivity contribution in [3.8, 4) is 11.5 Å². The van der Waals surface area contributed by atoms with Gasteiger partial charge in [0.2, 0.25) is 5.91 Å². The molecule has 0 aliphatic carbocycles. The molecule has 4 nitrogen and oxygen atoms in total. The molecule has 2 aromatic carbocycles. The van der Waals surface area contributed by atoms with Crippen LogP contribution in [0.4, 0.5) is 0 Å². The fraction of sp³-hybridized carbons (Fsp3) is 0.192. The summed E-state index contributed by atoms with van der Waals surface area (Å²) in [6.45, 7) is 4.77. The van der Waals surface area contributed by atoms with Gasteiger partial charge in [-0.25, -0.2) is 0 Å². The zero-order valence-electron chi connectivity index (χ0n) is 17.5. The van der Waals surface area contributed by atoms with Crippen LogP contribution in [0.2, 0.25) is 0 Å². The summed E-state index contributed by atoms with van der Waals surface area (Å²) in [7, 11) is 1.60. The first-order chi connectivity index (χ1) is 15.2. The highest BCUT2D eigenvalue weighted by Gasteiger charge is 2.31. The van der Waals surface area contributed by atoms with Gasteiger partial charge in [0.1, 0.15) is 6.61 Å². The molecule has 31 heavy (non-hydrogen) atoms. The Hall–Kier alpha value is -3.31. The van der Waals surface area contributed by atoms with E-state index in [0.29, 0.717) is 24.7 Å². The Bertz CT molecular complexity index is 1090. The molecule has 1 aliphatic rings. The number of rotatable bonds is 7.